The molecule has 1 aromatic heterocycles. The summed E-state index contributed by atoms with van der Waals surface area (Å²) in [6, 6.07) is 3.71. The van der Waals surface area contributed by atoms with E-state index < -0.39 is 0 Å². The van der Waals surface area contributed by atoms with E-state index in [2.05, 4.69) is 20.9 Å². The van der Waals surface area contributed by atoms with E-state index in [1.54, 1.807) is 14.2 Å². The number of nitrogens with two attached hydrogens (primary N) is 1. The summed E-state index contributed by atoms with van der Waals surface area (Å²) < 4.78 is 11.5. The SMILES string of the molecule is COc1cc(Br)c(-c2nc(N)sc2C)c(OC)c1. The molecule has 0 aliphatic rings. The van der Waals surface area contributed by atoms with E-state index in [0.29, 0.717) is 10.9 Å². The maximum atomic E-state index is 5.74. The highest BCUT2D eigenvalue weighted by Crippen LogP contribution is 2.42. The Labute approximate surface area is 118 Å². The highest BCUT2D eigenvalue weighted by molar-refractivity contribution is 9.10. The second-order valence-corrected chi connectivity index (χ2v) is 5.73. The molecule has 1 heterocycles. The van der Waals surface area contributed by atoms with E-state index in [1.165, 1.54) is 11.3 Å². The number of aryl methyl sites for hydroxylation is 1. The van der Waals surface area contributed by atoms with Gasteiger partial charge in [0.25, 0.3) is 0 Å². The van der Waals surface area contributed by atoms with E-state index in [-0.39, 0.29) is 0 Å². The highest BCUT2D eigenvalue weighted by atomic mass is 79.9. The van der Waals surface area contributed by atoms with Gasteiger partial charge in [0.05, 0.1) is 25.5 Å². The van der Waals surface area contributed by atoms with Crippen LogP contribution in [0.4, 0.5) is 5.13 Å². The molecule has 4 nitrogen and oxygen atoms in total. The number of thiazole rings is 1. The fourth-order valence-corrected chi connectivity index (χ4v) is 3.02. The van der Waals surface area contributed by atoms with Crippen LogP contribution in [0.5, 0.6) is 11.5 Å². The molecule has 0 aliphatic heterocycles. The predicted octanol–water partition coefficient (Wildman–Crippen LogP) is 3.48. The third kappa shape index (κ3) is 2.30. The summed E-state index contributed by atoms with van der Waals surface area (Å²) in [5, 5.41) is 0.548. The van der Waals surface area contributed by atoms with Crippen molar-refractivity contribution < 1.29 is 9.47 Å². The number of methoxy groups -OCH3 is 2. The number of rotatable bonds is 3. The lowest BCUT2D eigenvalue weighted by atomic mass is 10.1. The molecule has 0 fully saturated rings. The zero-order valence-electron chi connectivity index (χ0n) is 10.3. The van der Waals surface area contributed by atoms with E-state index in [1.807, 2.05) is 19.1 Å². The number of hydrogen-bond acceptors (Lipinski definition) is 5. The molecule has 0 spiro atoms. The van der Waals surface area contributed by atoms with Crippen LogP contribution in [-0.2, 0) is 0 Å². The van der Waals surface area contributed by atoms with E-state index in [0.717, 1.165) is 26.4 Å². The molecular weight excluding hydrogens is 316 g/mol. The first kappa shape index (κ1) is 13.2. The second-order valence-electron chi connectivity index (χ2n) is 3.64. The summed E-state index contributed by atoms with van der Waals surface area (Å²) in [7, 11) is 3.24. The Morgan fingerprint density at radius 2 is 2.00 bits per heavy atom. The Bertz CT molecular complexity index is 584. The van der Waals surface area contributed by atoms with Crippen molar-refractivity contribution in [1.82, 2.24) is 4.98 Å². The van der Waals surface area contributed by atoms with E-state index in [9.17, 15) is 0 Å². The summed E-state index contributed by atoms with van der Waals surface area (Å²) in [6.07, 6.45) is 0. The average Bonchev–Trinajstić information content (AvgIpc) is 2.67. The Balaban J connectivity index is 2.66. The lowest BCUT2D eigenvalue weighted by molar-refractivity contribution is 0.395. The van der Waals surface area contributed by atoms with Crippen molar-refractivity contribution in [2.45, 2.75) is 6.92 Å². The second kappa shape index (κ2) is 5.16. The van der Waals surface area contributed by atoms with Gasteiger partial charge in [-0.2, -0.15) is 0 Å². The van der Waals surface area contributed by atoms with Gasteiger partial charge >= 0.3 is 0 Å². The van der Waals surface area contributed by atoms with Gasteiger partial charge < -0.3 is 15.2 Å². The molecule has 0 amide bonds. The third-order valence-electron chi connectivity index (χ3n) is 2.53. The zero-order chi connectivity index (χ0) is 13.3. The van der Waals surface area contributed by atoms with Crippen molar-refractivity contribution in [3.8, 4) is 22.8 Å². The summed E-state index contributed by atoms with van der Waals surface area (Å²) >= 11 is 4.98. The molecule has 18 heavy (non-hydrogen) atoms. The lowest BCUT2D eigenvalue weighted by Crippen LogP contribution is -1.93. The van der Waals surface area contributed by atoms with Crippen molar-refractivity contribution >= 4 is 32.4 Å². The van der Waals surface area contributed by atoms with Gasteiger partial charge in [-0.15, -0.1) is 11.3 Å². The van der Waals surface area contributed by atoms with Crippen LogP contribution < -0.4 is 15.2 Å². The smallest absolute Gasteiger partial charge is 0.180 e. The average molecular weight is 329 g/mol. The van der Waals surface area contributed by atoms with Crippen molar-refractivity contribution in [1.29, 1.82) is 0 Å². The van der Waals surface area contributed by atoms with Gasteiger partial charge in [0.15, 0.2) is 5.13 Å². The number of aromatic nitrogens is 1. The number of hydrogen-bond donors (Lipinski definition) is 1. The quantitative estimate of drug-likeness (QED) is 0.937. The molecule has 0 atom stereocenters. The van der Waals surface area contributed by atoms with Crippen LogP contribution >= 0.6 is 27.3 Å². The topological polar surface area (TPSA) is 57.4 Å². The van der Waals surface area contributed by atoms with Crippen LogP contribution in [0, 0.1) is 6.92 Å². The Kier molecular flexibility index (Phi) is 3.77. The van der Waals surface area contributed by atoms with Crippen LogP contribution in [-0.4, -0.2) is 19.2 Å². The largest absolute Gasteiger partial charge is 0.497 e. The molecule has 0 unspecified atom stereocenters. The molecule has 2 N–H and O–H groups in total. The van der Waals surface area contributed by atoms with Crippen molar-refractivity contribution in [3.63, 3.8) is 0 Å². The predicted molar refractivity (Wildman–Crippen MR) is 77.5 cm³/mol. The fraction of sp³-hybridized carbons (Fsp3) is 0.250. The number of nitrogens with zero attached hydrogens (tertiary/aromatic N) is 1. The van der Waals surface area contributed by atoms with Crippen LogP contribution in [0.1, 0.15) is 4.88 Å². The molecule has 6 heteroatoms. The molecule has 96 valence electrons. The molecule has 0 saturated heterocycles. The number of nitrogen functional groups attached to an aromatic ring is 1. The lowest BCUT2D eigenvalue weighted by Gasteiger charge is -2.11. The third-order valence-corrected chi connectivity index (χ3v) is 3.96. The molecule has 0 saturated carbocycles. The van der Waals surface area contributed by atoms with Crippen molar-refractivity contribution in [3.05, 3.63) is 21.5 Å². The first-order chi connectivity index (χ1) is 8.56. The van der Waals surface area contributed by atoms with E-state index in [4.69, 9.17) is 15.2 Å². The molecular formula is C12H13BrN2O2S. The first-order valence-electron chi connectivity index (χ1n) is 5.21. The van der Waals surface area contributed by atoms with Crippen molar-refractivity contribution in [2.75, 3.05) is 20.0 Å². The fourth-order valence-electron chi connectivity index (χ4n) is 1.72. The minimum absolute atomic E-state index is 0.548. The normalized spacial score (nSPS) is 10.4. The van der Waals surface area contributed by atoms with Crippen LogP contribution in [0.2, 0.25) is 0 Å². The van der Waals surface area contributed by atoms with Crippen LogP contribution in [0.3, 0.4) is 0 Å². The summed E-state index contributed by atoms with van der Waals surface area (Å²) in [5.74, 6) is 1.43. The summed E-state index contributed by atoms with van der Waals surface area (Å²) in [4.78, 5) is 5.40. The van der Waals surface area contributed by atoms with Gasteiger partial charge in [-0.3, -0.25) is 0 Å². The standard InChI is InChI=1S/C12H13BrN2O2S/c1-6-11(15-12(14)18-6)10-8(13)4-7(16-2)5-9(10)17-3/h4-5H,1-3H3,(H2,14,15). The van der Waals surface area contributed by atoms with Gasteiger partial charge in [-0.1, -0.05) is 0 Å². The minimum atomic E-state index is 0.548. The molecule has 2 aromatic rings. The van der Waals surface area contributed by atoms with Gasteiger partial charge in [0.2, 0.25) is 0 Å². The monoisotopic (exact) mass is 328 g/mol. The number of anilines is 1. The maximum absolute atomic E-state index is 5.74. The zero-order valence-corrected chi connectivity index (χ0v) is 12.7. The van der Waals surface area contributed by atoms with Crippen LogP contribution in [0.25, 0.3) is 11.3 Å². The Morgan fingerprint density at radius 3 is 2.50 bits per heavy atom. The van der Waals surface area contributed by atoms with Crippen molar-refractivity contribution in [2.24, 2.45) is 0 Å². The summed E-state index contributed by atoms with van der Waals surface area (Å²) in [5.41, 5.74) is 7.47. The van der Waals surface area contributed by atoms with Gasteiger partial charge in [0, 0.05) is 15.4 Å². The Hall–Kier alpha value is -1.27. The summed E-state index contributed by atoms with van der Waals surface area (Å²) in [6.45, 7) is 1.99. The first-order valence-corrected chi connectivity index (χ1v) is 6.82. The molecule has 0 aliphatic carbocycles. The highest BCUT2D eigenvalue weighted by Gasteiger charge is 2.18. The number of benzene rings is 1. The maximum Gasteiger partial charge on any atom is 0.180 e. The van der Waals surface area contributed by atoms with Gasteiger partial charge in [-0.05, 0) is 28.9 Å². The number of ether oxygens (including phenoxy) is 2. The molecule has 0 radical (unpaired) electrons. The number of halogens is 1. The molecule has 2 rings (SSSR count). The Morgan fingerprint density at radius 1 is 1.28 bits per heavy atom. The van der Waals surface area contributed by atoms with Gasteiger partial charge in [-0.25, -0.2) is 4.98 Å². The molecule has 1 aromatic carbocycles. The van der Waals surface area contributed by atoms with E-state index >= 15 is 0 Å². The molecule has 0 bridgehead atoms. The minimum Gasteiger partial charge on any atom is -0.497 e. The van der Waals surface area contributed by atoms with Gasteiger partial charge in [0.1, 0.15) is 11.5 Å². The van der Waals surface area contributed by atoms with Crippen LogP contribution in [0.15, 0.2) is 16.6 Å².